The minimum Gasteiger partial charge on any atom is -0.453 e. The molecule has 0 saturated carbocycles. The number of carbonyl (C=O) groups is 2. The van der Waals surface area contributed by atoms with Crippen LogP contribution in [0.3, 0.4) is 0 Å². The number of ether oxygens (including phenoxy) is 1. The highest BCUT2D eigenvalue weighted by Crippen LogP contribution is 2.37. The first kappa shape index (κ1) is 24.6. The SMILES string of the molecule is NS(=O)(=O)c1cc2nccc(Oc3ccc(N(S)C(=O)NC(=O)Cc4ccccc4)cc3F)c2s1. The Labute approximate surface area is 208 Å². The van der Waals surface area contributed by atoms with Gasteiger partial charge in [-0.25, -0.2) is 27.0 Å². The minimum atomic E-state index is -3.94. The fraction of sp³-hybridized carbons (Fsp3) is 0.0455. The van der Waals surface area contributed by atoms with Crippen molar-refractivity contribution in [1.82, 2.24) is 10.3 Å². The lowest BCUT2D eigenvalue weighted by Crippen LogP contribution is -2.39. The first-order chi connectivity index (χ1) is 16.6. The van der Waals surface area contributed by atoms with Gasteiger partial charge in [0, 0.05) is 18.3 Å². The van der Waals surface area contributed by atoms with Gasteiger partial charge in [0.15, 0.2) is 11.6 Å². The molecule has 2 heterocycles. The number of thiophene rings is 1. The molecule has 0 saturated heterocycles. The zero-order valence-electron chi connectivity index (χ0n) is 17.7. The van der Waals surface area contributed by atoms with Crippen molar-refractivity contribution >= 4 is 62.0 Å². The van der Waals surface area contributed by atoms with Gasteiger partial charge in [-0.1, -0.05) is 43.1 Å². The molecule has 0 aliphatic carbocycles. The fourth-order valence-corrected chi connectivity index (χ4v) is 5.01. The lowest BCUT2D eigenvalue weighted by molar-refractivity contribution is -0.119. The molecule has 180 valence electrons. The van der Waals surface area contributed by atoms with Crippen molar-refractivity contribution in [3.63, 3.8) is 0 Å². The van der Waals surface area contributed by atoms with Crippen molar-refractivity contribution in [3.8, 4) is 11.5 Å². The van der Waals surface area contributed by atoms with Gasteiger partial charge in [0.2, 0.25) is 15.9 Å². The lowest BCUT2D eigenvalue weighted by Gasteiger charge is -2.17. The van der Waals surface area contributed by atoms with Crippen molar-refractivity contribution in [2.45, 2.75) is 10.6 Å². The van der Waals surface area contributed by atoms with Crippen LogP contribution < -0.4 is 19.5 Å². The molecule has 0 unspecified atom stereocenters. The van der Waals surface area contributed by atoms with Crippen molar-refractivity contribution in [1.29, 1.82) is 0 Å². The number of thiol groups is 1. The molecule has 13 heteroatoms. The fourth-order valence-electron chi connectivity index (χ4n) is 3.05. The van der Waals surface area contributed by atoms with Crippen molar-refractivity contribution in [3.05, 3.63) is 78.2 Å². The molecule has 0 aliphatic rings. The summed E-state index contributed by atoms with van der Waals surface area (Å²) < 4.78 is 44.7. The number of urea groups is 1. The van der Waals surface area contributed by atoms with Gasteiger partial charge in [0.25, 0.3) is 0 Å². The number of imide groups is 1. The number of primary sulfonamides is 1. The molecule has 35 heavy (non-hydrogen) atoms. The van der Waals surface area contributed by atoms with Crippen LogP contribution in [-0.2, 0) is 21.2 Å². The summed E-state index contributed by atoms with van der Waals surface area (Å²) in [6.45, 7) is 0. The van der Waals surface area contributed by atoms with Gasteiger partial charge >= 0.3 is 6.03 Å². The largest absolute Gasteiger partial charge is 0.453 e. The van der Waals surface area contributed by atoms with Crippen LogP contribution in [0.15, 0.2) is 71.1 Å². The normalized spacial score (nSPS) is 11.3. The Balaban J connectivity index is 1.48. The van der Waals surface area contributed by atoms with Crippen molar-refractivity contribution in [2.75, 3.05) is 4.31 Å². The monoisotopic (exact) mass is 532 g/mol. The molecule has 4 aromatic rings. The number of sulfonamides is 1. The zero-order valence-corrected chi connectivity index (χ0v) is 20.2. The van der Waals surface area contributed by atoms with E-state index in [-0.39, 0.29) is 27.8 Å². The summed E-state index contributed by atoms with van der Waals surface area (Å²) in [5.74, 6) is -1.38. The Bertz CT molecular complexity index is 1530. The van der Waals surface area contributed by atoms with Crippen molar-refractivity contribution < 1.29 is 27.1 Å². The number of anilines is 1. The summed E-state index contributed by atoms with van der Waals surface area (Å²) in [6.07, 6.45) is 1.38. The molecule has 0 radical (unpaired) electrons. The van der Waals surface area contributed by atoms with Crippen LogP contribution in [0.4, 0.5) is 14.9 Å². The number of nitrogens with zero attached hydrogens (tertiary/aromatic N) is 2. The van der Waals surface area contributed by atoms with Crippen LogP contribution in [0.5, 0.6) is 11.5 Å². The Hall–Kier alpha value is -3.52. The van der Waals surface area contributed by atoms with E-state index in [1.165, 1.54) is 30.5 Å². The smallest absolute Gasteiger partial charge is 0.338 e. The molecule has 0 fully saturated rings. The number of fused-ring (bicyclic) bond motifs is 1. The van der Waals surface area contributed by atoms with Crippen LogP contribution in [-0.4, -0.2) is 25.3 Å². The van der Waals surface area contributed by atoms with Gasteiger partial charge < -0.3 is 4.74 Å². The summed E-state index contributed by atoms with van der Waals surface area (Å²) in [4.78, 5) is 28.6. The molecule has 0 aliphatic heterocycles. The predicted molar refractivity (Wildman–Crippen MR) is 133 cm³/mol. The van der Waals surface area contributed by atoms with Crippen LogP contribution in [0.25, 0.3) is 10.2 Å². The minimum absolute atomic E-state index is 0.00830. The highest BCUT2D eigenvalue weighted by Gasteiger charge is 2.19. The third kappa shape index (κ3) is 5.77. The summed E-state index contributed by atoms with van der Waals surface area (Å²) in [6, 6.07) is 14.4. The van der Waals surface area contributed by atoms with Gasteiger partial charge in [-0.2, -0.15) is 0 Å². The number of hydrogen-bond donors (Lipinski definition) is 3. The van der Waals surface area contributed by atoms with Gasteiger partial charge in [-0.05, 0) is 23.8 Å². The van der Waals surface area contributed by atoms with E-state index in [0.29, 0.717) is 10.2 Å². The van der Waals surface area contributed by atoms with E-state index in [2.05, 4.69) is 23.1 Å². The van der Waals surface area contributed by atoms with Gasteiger partial charge in [-0.3, -0.25) is 15.1 Å². The predicted octanol–water partition coefficient (Wildman–Crippen LogP) is 4.01. The average Bonchev–Trinajstić information content (AvgIpc) is 3.26. The van der Waals surface area contributed by atoms with Gasteiger partial charge in [-0.15, -0.1) is 11.3 Å². The Kier molecular flexibility index (Phi) is 7.03. The molecular weight excluding hydrogens is 515 g/mol. The molecule has 0 atom stereocenters. The standard InChI is InChI=1S/C22H17FN4O5S3/c23-15-11-14(27(33)22(29)26-19(28)10-13-4-2-1-3-5-13)6-7-17(15)32-18-8-9-25-16-12-20(34-21(16)18)35(24,30)31/h1-9,11-12,33H,10H2,(H2,24,30,31)(H,26,28,29). The van der Waals surface area contributed by atoms with Gasteiger partial charge in [0.1, 0.15) is 9.96 Å². The number of hydrogen-bond acceptors (Lipinski definition) is 8. The maximum Gasteiger partial charge on any atom is 0.338 e. The van der Waals surface area contributed by atoms with Crippen molar-refractivity contribution in [2.24, 2.45) is 5.14 Å². The molecule has 2 aromatic carbocycles. The van der Waals surface area contributed by atoms with Crippen LogP contribution in [0.1, 0.15) is 5.56 Å². The molecule has 3 amide bonds. The number of amides is 3. The third-order valence-corrected chi connectivity index (χ3v) is 7.63. The number of benzene rings is 2. The Morgan fingerprint density at radius 1 is 1.11 bits per heavy atom. The van der Waals surface area contributed by atoms with E-state index in [0.717, 1.165) is 27.3 Å². The molecule has 4 rings (SSSR count). The lowest BCUT2D eigenvalue weighted by atomic mass is 10.1. The Morgan fingerprint density at radius 2 is 1.86 bits per heavy atom. The van der Waals surface area contributed by atoms with E-state index in [1.807, 2.05) is 6.07 Å². The molecule has 0 bridgehead atoms. The molecule has 3 N–H and O–H groups in total. The number of nitrogens with two attached hydrogens (primary N) is 1. The Morgan fingerprint density at radius 3 is 2.54 bits per heavy atom. The first-order valence-corrected chi connectivity index (χ1v) is 12.6. The van der Waals surface area contributed by atoms with Crippen LogP contribution in [0.2, 0.25) is 0 Å². The maximum atomic E-state index is 14.8. The van der Waals surface area contributed by atoms with Gasteiger partial charge in [0.05, 0.1) is 22.3 Å². The number of carbonyl (C=O) groups excluding carboxylic acids is 2. The highest BCUT2D eigenvalue weighted by atomic mass is 32.2. The average molecular weight is 533 g/mol. The van der Waals surface area contributed by atoms with E-state index in [9.17, 15) is 22.4 Å². The number of rotatable bonds is 6. The van der Waals surface area contributed by atoms with E-state index in [1.54, 1.807) is 24.3 Å². The third-order valence-electron chi connectivity index (χ3n) is 4.66. The van der Waals surface area contributed by atoms with Crippen LogP contribution >= 0.6 is 24.2 Å². The zero-order chi connectivity index (χ0) is 25.2. The number of halogens is 1. The quantitative estimate of drug-likeness (QED) is 0.322. The number of nitrogens with one attached hydrogen (secondary N) is 1. The second-order valence-electron chi connectivity index (χ2n) is 7.18. The molecule has 9 nitrogen and oxygen atoms in total. The summed E-state index contributed by atoms with van der Waals surface area (Å²) in [7, 11) is -3.94. The van der Waals surface area contributed by atoms with E-state index < -0.39 is 27.8 Å². The van der Waals surface area contributed by atoms with E-state index in [4.69, 9.17) is 9.88 Å². The topological polar surface area (TPSA) is 132 Å². The second-order valence-corrected chi connectivity index (χ2v) is 10.4. The summed E-state index contributed by atoms with van der Waals surface area (Å²) in [5, 5.41) is 7.36. The number of pyridine rings is 1. The molecule has 2 aromatic heterocycles. The second kappa shape index (κ2) is 10.00. The number of aromatic nitrogens is 1. The van der Waals surface area contributed by atoms with E-state index >= 15 is 0 Å². The molecule has 0 spiro atoms. The van der Waals surface area contributed by atoms with Crippen LogP contribution in [0, 0.1) is 5.82 Å². The first-order valence-electron chi connectivity index (χ1n) is 9.87. The summed E-state index contributed by atoms with van der Waals surface area (Å²) in [5.41, 5.74) is 1.10. The highest BCUT2D eigenvalue weighted by molar-refractivity contribution is 7.91. The maximum absolute atomic E-state index is 14.8. The molecular formula is C22H17FN4O5S3. The summed E-state index contributed by atoms with van der Waals surface area (Å²) >= 11 is 4.91.